The minimum absolute atomic E-state index is 0.115. The third-order valence-electron chi connectivity index (χ3n) is 7.74. The van der Waals surface area contributed by atoms with Gasteiger partial charge in [-0.15, -0.1) is 18.3 Å². The second-order valence-electron chi connectivity index (χ2n) is 9.99. The number of benzene rings is 2. The number of fused-ring (bicyclic) bond motifs is 1. The molecule has 0 bridgehead atoms. The van der Waals surface area contributed by atoms with Gasteiger partial charge in [-0.2, -0.15) is 9.29 Å². The van der Waals surface area contributed by atoms with Gasteiger partial charge in [0.05, 0.1) is 22.8 Å². The van der Waals surface area contributed by atoms with Gasteiger partial charge in [0.2, 0.25) is 10.0 Å². The summed E-state index contributed by atoms with van der Waals surface area (Å²) in [6.07, 6.45) is 3.00. The van der Waals surface area contributed by atoms with E-state index in [4.69, 9.17) is 11.6 Å². The molecule has 0 spiro atoms. The van der Waals surface area contributed by atoms with E-state index in [1.165, 1.54) is 34.5 Å². The molecule has 3 aromatic rings. The summed E-state index contributed by atoms with van der Waals surface area (Å²) in [7, 11) is -3.43. The van der Waals surface area contributed by atoms with E-state index >= 15 is 0 Å². The van der Waals surface area contributed by atoms with Gasteiger partial charge in [0.15, 0.2) is 0 Å². The van der Waals surface area contributed by atoms with Crippen LogP contribution < -0.4 is 10.6 Å². The quantitative estimate of drug-likeness (QED) is 0.420. The van der Waals surface area contributed by atoms with Crippen LogP contribution >= 0.6 is 23.4 Å². The Kier molecular flexibility index (Phi) is 6.74. The molecule has 4 heterocycles. The Morgan fingerprint density at radius 1 is 1.18 bits per heavy atom. The van der Waals surface area contributed by atoms with Gasteiger partial charge < -0.3 is 4.90 Å². The zero-order valence-electron chi connectivity index (χ0n) is 21.1. The van der Waals surface area contributed by atoms with Gasteiger partial charge in [0.25, 0.3) is 0 Å². The maximum absolute atomic E-state index is 14.9. The van der Waals surface area contributed by atoms with Crippen molar-refractivity contribution in [3.63, 3.8) is 0 Å². The number of piperazine rings is 1. The maximum Gasteiger partial charge on any atom is 0.350 e. The fraction of sp³-hybridized carbons (Fsp3) is 0.385. The fourth-order valence-corrected chi connectivity index (χ4v) is 8.41. The Bertz CT molecular complexity index is 1680. The van der Waals surface area contributed by atoms with Crippen molar-refractivity contribution in [2.75, 3.05) is 49.6 Å². The first kappa shape index (κ1) is 26.7. The van der Waals surface area contributed by atoms with Crippen LogP contribution in [0.1, 0.15) is 0 Å². The van der Waals surface area contributed by atoms with E-state index in [0.29, 0.717) is 65.7 Å². The molecular formula is C26H26ClF2N5O3S2. The summed E-state index contributed by atoms with van der Waals surface area (Å²) >= 11 is 8.27. The highest BCUT2D eigenvalue weighted by Crippen LogP contribution is 2.46. The molecule has 2 atom stereocenters. The van der Waals surface area contributed by atoms with Crippen LogP contribution in [0.2, 0.25) is 5.02 Å². The number of aromatic nitrogens is 2. The third-order valence-corrected chi connectivity index (χ3v) is 10.3. The Labute approximate surface area is 233 Å². The van der Waals surface area contributed by atoms with Crippen molar-refractivity contribution in [2.45, 2.75) is 23.5 Å². The summed E-state index contributed by atoms with van der Waals surface area (Å²) in [5.41, 5.74) is 0.736. The number of anilines is 1. The molecule has 39 heavy (non-hydrogen) atoms. The molecule has 6 rings (SSSR count). The molecule has 8 nitrogen and oxygen atoms in total. The van der Waals surface area contributed by atoms with Gasteiger partial charge in [0, 0.05) is 78.5 Å². The molecule has 206 valence electrons. The van der Waals surface area contributed by atoms with E-state index < -0.39 is 27.3 Å². The Morgan fingerprint density at radius 3 is 2.67 bits per heavy atom. The van der Waals surface area contributed by atoms with Crippen LogP contribution in [0.5, 0.6) is 0 Å². The molecule has 2 saturated heterocycles. The summed E-state index contributed by atoms with van der Waals surface area (Å²) in [5, 5.41) is 0.901. The molecular weight excluding hydrogens is 568 g/mol. The van der Waals surface area contributed by atoms with Crippen molar-refractivity contribution < 1.29 is 17.2 Å². The summed E-state index contributed by atoms with van der Waals surface area (Å²) in [6.45, 7) is 6.63. The number of thioether (sulfide) groups is 1. The first-order valence-corrected chi connectivity index (χ1v) is 15.7. The maximum atomic E-state index is 14.9. The predicted molar refractivity (Wildman–Crippen MR) is 150 cm³/mol. The molecule has 0 aliphatic carbocycles. The van der Waals surface area contributed by atoms with Crippen LogP contribution in [0.3, 0.4) is 0 Å². The van der Waals surface area contributed by atoms with Gasteiger partial charge in [0.1, 0.15) is 17.5 Å². The average Bonchev–Trinajstić information content (AvgIpc) is 3.34. The van der Waals surface area contributed by atoms with Gasteiger partial charge >= 0.3 is 5.69 Å². The van der Waals surface area contributed by atoms with Gasteiger partial charge in [-0.1, -0.05) is 17.7 Å². The van der Waals surface area contributed by atoms with Gasteiger partial charge in [-0.25, -0.2) is 22.0 Å². The molecule has 0 unspecified atom stereocenters. The molecule has 3 aliphatic rings. The van der Waals surface area contributed by atoms with Gasteiger partial charge in [-0.3, -0.25) is 9.47 Å². The highest BCUT2D eigenvalue weighted by atomic mass is 35.5. The molecule has 2 aromatic carbocycles. The molecule has 0 N–H and O–H groups in total. The highest BCUT2D eigenvalue weighted by Gasteiger charge is 2.46. The lowest BCUT2D eigenvalue weighted by Crippen LogP contribution is -2.59. The Balaban J connectivity index is 1.55. The van der Waals surface area contributed by atoms with E-state index in [9.17, 15) is 22.0 Å². The van der Waals surface area contributed by atoms with Crippen molar-refractivity contribution in [1.82, 2.24) is 18.8 Å². The van der Waals surface area contributed by atoms with Crippen LogP contribution in [0.25, 0.3) is 22.0 Å². The van der Waals surface area contributed by atoms with E-state index in [0.717, 1.165) is 6.07 Å². The van der Waals surface area contributed by atoms with E-state index in [1.54, 1.807) is 16.7 Å². The number of halogens is 3. The van der Waals surface area contributed by atoms with E-state index in [-0.39, 0.29) is 29.2 Å². The number of rotatable bonds is 5. The van der Waals surface area contributed by atoms with Crippen molar-refractivity contribution in [2.24, 2.45) is 0 Å². The monoisotopic (exact) mass is 593 g/mol. The molecule has 0 saturated carbocycles. The first-order chi connectivity index (χ1) is 18.6. The number of hydrogen-bond acceptors (Lipinski definition) is 7. The molecule has 2 fully saturated rings. The van der Waals surface area contributed by atoms with Crippen LogP contribution in [-0.2, 0) is 16.6 Å². The largest absolute Gasteiger partial charge is 0.350 e. The summed E-state index contributed by atoms with van der Waals surface area (Å²) < 4.78 is 56.6. The smallest absolute Gasteiger partial charge is 0.349 e. The Hall–Kier alpha value is -2.51. The third kappa shape index (κ3) is 4.46. The van der Waals surface area contributed by atoms with Crippen molar-refractivity contribution >= 4 is 50.1 Å². The molecule has 3 aliphatic heterocycles. The minimum atomic E-state index is -3.43. The average molecular weight is 594 g/mol. The number of sulfonamides is 1. The molecule has 1 aromatic heterocycles. The SMILES string of the molecule is C=CCN1CCN(c2nc(=O)n3c4c(c(-c5ccc(F)cc5F)c(Cl)cc24)SCC3)[C@H]2CN(S(C)(=O)=O)C[C@H]21. The van der Waals surface area contributed by atoms with E-state index in [1.807, 2.05) is 4.90 Å². The summed E-state index contributed by atoms with van der Waals surface area (Å²) in [4.78, 5) is 22.7. The highest BCUT2D eigenvalue weighted by molar-refractivity contribution is 7.99. The Morgan fingerprint density at radius 2 is 1.95 bits per heavy atom. The zero-order valence-corrected chi connectivity index (χ0v) is 23.5. The lowest BCUT2D eigenvalue weighted by atomic mass is 10.0. The van der Waals surface area contributed by atoms with Crippen molar-refractivity contribution in [3.05, 3.63) is 64.1 Å². The summed E-state index contributed by atoms with van der Waals surface area (Å²) in [6, 6.07) is 4.69. The number of nitrogens with zero attached hydrogens (tertiary/aromatic N) is 5. The number of aryl methyl sites for hydroxylation is 1. The van der Waals surface area contributed by atoms with Crippen LogP contribution in [0.4, 0.5) is 14.6 Å². The van der Waals surface area contributed by atoms with Crippen LogP contribution in [-0.4, -0.2) is 84.0 Å². The lowest BCUT2D eigenvalue weighted by molar-refractivity contribution is 0.182. The summed E-state index contributed by atoms with van der Waals surface area (Å²) in [5.74, 6) is -0.433. The topological polar surface area (TPSA) is 78.8 Å². The normalized spacial score (nSPS) is 21.9. The van der Waals surface area contributed by atoms with Gasteiger partial charge in [-0.05, 0) is 18.2 Å². The van der Waals surface area contributed by atoms with E-state index in [2.05, 4.69) is 16.5 Å². The van der Waals surface area contributed by atoms with Crippen LogP contribution in [0, 0.1) is 11.6 Å². The van der Waals surface area contributed by atoms with Crippen molar-refractivity contribution in [3.8, 4) is 11.1 Å². The second-order valence-corrected chi connectivity index (χ2v) is 13.5. The first-order valence-electron chi connectivity index (χ1n) is 12.5. The molecule has 0 amide bonds. The lowest BCUT2D eigenvalue weighted by Gasteiger charge is -2.44. The molecule has 13 heteroatoms. The molecule has 0 radical (unpaired) electrons. The number of hydrogen-bond donors (Lipinski definition) is 0. The second kappa shape index (κ2) is 9.84. The minimum Gasteiger partial charge on any atom is -0.349 e. The standard InChI is InChI=1S/C26H26ClF2N5O3S2/c1-3-6-31-7-8-33(21-14-32(13-20(21)31)39(2,36)37)25-17-12-18(27)22(16-5-4-15(28)11-19(16)29)24-23(17)34(9-10-38-24)26(35)30-25/h3-5,11-12,20-21H,1,6-10,13-14H2,2H3/t20-,21+/m1/s1. The van der Waals surface area contributed by atoms with Crippen LogP contribution in [0.15, 0.2) is 46.6 Å². The predicted octanol–water partition coefficient (Wildman–Crippen LogP) is 3.42. The fourth-order valence-electron chi connectivity index (χ4n) is 6.01. The zero-order chi connectivity index (χ0) is 27.6. The van der Waals surface area contributed by atoms with Crippen molar-refractivity contribution in [1.29, 1.82) is 0 Å².